The maximum Gasteiger partial charge on any atom is -0.0231 e. The van der Waals surface area contributed by atoms with Crippen LogP contribution in [0.2, 0.25) is 0 Å². The molecule has 0 aliphatic heterocycles. The van der Waals surface area contributed by atoms with Crippen molar-refractivity contribution in [3.63, 3.8) is 0 Å². The first-order valence-corrected chi connectivity index (χ1v) is 4.77. The van der Waals surface area contributed by atoms with Crippen molar-refractivity contribution in [1.29, 1.82) is 0 Å². The first-order valence-electron chi connectivity index (χ1n) is 4.77. The standard InChI is InChI=1S/C11H20/c1-5-11-6-8(2)10(4)9(3)7-11/h5,8-11H,1,6-7H2,2-4H3. The van der Waals surface area contributed by atoms with Crippen molar-refractivity contribution in [3.8, 4) is 0 Å². The zero-order valence-electron chi connectivity index (χ0n) is 8.01. The van der Waals surface area contributed by atoms with Crippen LogP contribution in [0.15, 0.2) is 12.7 Å². The lowest BCUT2D eigenvalue weighted by atomic mass is 9.70. The van der Waals surface area contributed by atoms with Crippen molar-refractivity contribution in [3.05, 3.63) is 12.7 Å². The second kappa shape index (κ2) is 3.42. The molecule has 0 amide bonds. The van der Waals surface area contributed by atoms with Crippen molar-refractivity contribution >= 4 is 0 Å². The van der Waals surface area contributed by atoms with Crippen molar-refractivity contribution < 1.29 is 0 Å². The van der Waals surface area contributed by atoms with E-state index in [1.165, 1.54) is 12.8 Å². The van der Waals surface area contributed by atoms with Crippen molar-refractivity contribution in [1.82, 2.24) is 0 Å². The Kier molecular flexibility index (Phi) is 2.75. The van der Waals surface area contributed by atoms with Gasteiger partial charge in [0, 0.05) is 0 Å². The fraction of sp³-hybridized carbons (Fsp3) is 0.818. The zero-order valence-corrected chi connectivity index (χ0v) is 8.01. The van der Waals surface area contributed by atoms with Crippen LogP contribution in [0, 0.1) is 23.7 Å². The summed E-state index contributed by atoms with van der Waals surface area (Å²) >= 11 is 0. The number of hydrogen-bond donors (Lipinski definition) is 0. The highest BCUT2D eigenvalue weighted by molar-refractivity contribution is 4.88. The van der Waals surface area contributed by atoms with Gasteiger partial charge < -0.3 is 0 Å². The molecule has 64 valence electrons. The SMILES string of the molecule is C=CC1CC(C)C(C)C(C)C1. The molecule has 1 fully saturated rings. The van der Waals surface area contributed by atoms with E-state index in [0.717, 1.165) is 23.7 Å². The molecule has 0 spiro atoms. The fourth-order valence-electron chi connectivity index (χ4n) is 2.23. The van der Waals surface area contributed by atoms with Gasteiger partial charge in [-0.2, -0.15) is 0 Å². The fourth-order valence-corrected chi connectivity index (χ4v) is 2.23. The van der Waals surface area contributed by atoms with Gasteiger partial charge in [0.05, 0.1) is 0 Å². The maximum atomic E-state index is 3.88. The van der Waals surface area contributed by atoms with Gasteiger partial charge in [-0.25, -0.2) is 0 Å². The third-order valence-electron chi connectivity index (χ3n) is 3.48. The van der Waals surface area contributed by atoms with Crippen LogP contribution in [-0.2, 0) is 0 Å². The Bertz CT molecular complexity index is 125. The van der Waals surface area contributed by atoms with Crippen LogP contribution in [0.1, 0.15) is 33.6 Å². The molecule has 0 aromatic rings. The molecule has 0 heteroatoms. The molecule has 1 aliphatic carbocycles. The summed E-state index contributed by atoms with van der Waals surface area (Å²) in [5, 5.41) is 0. The molecule has 0 N–H and O–H groups in total. The van der Waals surface area contributed by atoms with E-state index >= 15 is 0 Å². The Labute approximate surface area is 70.7 Å². The highest BCUT2D eigenvalue weighted by atomic mass is 14.3. The number of allylic oxidation sites excluding steroid dienone is 1. The lowest BCUT2D eigenvalue weighted by Gasteiger charge is -2.35. The monoisotopic (exact) mass is 152 g/mol. The van der Waals surface area contributed by atoms with Crippen molar-refractivity contribution in [2.75, 3.05) is 0 Å². The van der Waals surface area contributed by atoms with Crippen LogP contribution < -0.4 is 0 Å². The highest BCUT2D eigenvalue weighted by Gasteiger charge is 2.28. The Morgan fingerprint density at radius 3 is 1.91 bits per heavy atom. The van der Waals surface area contributed by atoms with Crippen molar-refractivity contribution in [2.24, 2.45) is 23.7 Å². The second-order valence-corrected chi connectivity index (χ2v) is 4.28. The second-order valence-electron chi connectivity index (χ2n) is 4.28. The summed E-state index contributed by atoms with van der Waals surface area (Å²) in [5.74, 6) is 3.48. The Balaban J connectivity index is 2.54. The predicted molar refractivity (Wildman–Crippen MR) is 50.4 cm³/mol. The van der Waals surface area contributed by atoms with Gasteiger partial charge in [-0.3, -0.25) is 0 Å². The van der Waals surface area contributed by atoms with Gasteiger partial charge in [0.25, 0.3) is 0 Å². The first kappa shape index (κ1) is 8.83. The molecule has 0 saturated heterocycles. The van der Waals surface area contributed by atoms with E-state index in [2.05, 4.69) is 33.4 Å². The van der Waals surface area contributed by atoms with Crippen LogP contribution in [0.3, 0.4) is 0 Å². The van der Waals surface area contributed by atoms with Gasteiger partial charge >= 0.3 is 0 Å². The van der Waals surface area contributed by atoms with Gasteiger partial charge in [0.2, 0.25) is 0 Å². The number of hydrogen-bond acceptors (Lipinski definition) is 0. The largest absolute Gasteiger partial charge is 0.103 e. The predicted octanol–water partition coefficient (Wildman–Crippen LogP) is 3.49. The summed E-state index contributed by atoms with van der Waals surface area (Å²) in [6.07, 6.45) is 4.85. The average molecular weight is 152 g/mol. The van der Waals surface area contributed by atoms with E-state index in [-0.39, 0.29) is 0 Å². The van der Waals surface area contributed by atoms with Gasteiger partial charge in [-0.05, 0) is 36.5 Å². The van der Waals surface area contributed by atoms with Gasteiger partial charge in [-0.1, -0.05) is 26.8 Å². The highest BCUT2D eigenvalue weighted by Crippen LogP contribution is 2.37. The number of rotatable bonds is 1. The lowest BCUT2D eigenvalue weighted by Crippen LogP contribution is -2.26. The van der Waals surface area contributed by atoms with Gasteiger partial charge in [-0.15, -0.1) is 6.58 Å². The minimum atomic E-state index is 0.788. The quantitative estimate of drug-likeness (QED) is 0.504. The van der Waals surface area contributed by atoms with Gasteiger partial charge in [0.15, 0.2) is 0 Å². The summed E-state index contributed by atoms with van der Waals surface area (Å²) in [7, 11) is 0. The molecule has 1 saturated carbocycles. The minimum absolute atomic E-state index is 0.788. The average Bonchev–Trinajstić information content (AvgIpc) is 1.99. The smallest absolute Gasteiger partial charge is 0.0231 e. The van der Waals surface area contributed by atoms with E-state index in [9.17, 15) is 0 Å². The van der Waals surface area contributed by atoms with Crippen LogP contribution in [0.25, 0.3) is 0 Å². The van der Waals surface area contributed by atoms with Crippen LogP contribution >= 0.6 is 0 Å². The Morgan fingerprint density at radius 2 is 1.55 bits per heavy atom. The minimum Gasteiger partial charge on any atom is -0.103 e. The summed E-state index contributed by atoms with van der Waals surface area (Å²) in [5.41, 5.74) is 0. The first-order chi connectivity index (χ1) is 5.15. The lowest BCUT2D eigenvalue weighted by molar-refractivity contribution is 0.164. The molecule has 1 rings (SSSR count). The van der Waals surface area contributed by atoms with Crippen LogP contribution in [0.5, 0.6) is 0 Å². The molecular weight excluding hydrogens is 132 g/mol. The van der Waals surface area contributed by atoms with E-state index in [4.69, 9.17) is 0 Å². The molecule has 0 aromatic carbocycles. The molecule has 0 heterocycles. The summed E-state index contributed by atoms with van der Waals surface area (Å²) < 4.78 is 0. The molecule has 0 bridgehead atoms. The molecule has 11 heavy (non-hydrogen) atoms. The molecule has 2 unspecified atom stereocenters. The summed E-state index contributed by atoms with van der Waals surface area (Å²) in [4.78, 5) is 0. The topological polar surface area (TPSA) is 0 Å². The zero-order chi connectivity index (χ0) is 8.43. The van der Waals surface area contributed by atoms with E-state index in [1.54, 1.807) is 0 Å². The normalized spacial score (nSPS) is 45.4. The summed E-state index contributed by atoms with van der Waals surface area (Å²) in [6.45, 7) is 11.0. The molecule has 0 aromatic heterocycles. The Morgan fingerprint density at radius 1 is 1.09 bits per heavy atom. The van der Waals surface area contributed by atoms with E-state index < -0.39 is 0 Å². The third-order valence-corrected chi connectivity index (χ3v) is 3.48. The Hall–Kier alpha value is -0.260. The molecule has 0 nitrogen and oxygen atoms in total. The maximum absolute atomic E-state index is 3.88. The molecule has 1 aliphatic rings. The molecule has 2 atom stereocenters. The molecular formula is C11H20. The van der Waals surface area contributed by atoms with Crippen LogP contribution in [-0.4, -0.2) is 0 Å². The van der Waals surface area contributed by atoms with E-state index in [0.29, 0.717) is 0 Å². The van der Waals surface area contributed by atoms with Gasteiger partial charge in [0.1, 0.15) is 0 Å². The summed E-state index contributed by atoms with van der Waals surface area (Å²) in [6, 6.07) is 0. The van der Waals surface area contributed by atoms with E-state index in [1.807, 2.05) is 0 Å². The third kappa shape index (κ3) is 1.85. The van der Waals surface area contributed by atoms with Crippen molar-refractivity contribution in [2.45, 2.75) is 33.6 Å². The van der Waals surface area contributed by atoms with Crippen LogP contribution in [0.4, 0.5) is 0 Å². The molecule has 0 radical (unpaired) electrons.